The second-order valence-electron chi connectivity index (χ2n) is 15.2. The normalized spacial score (nSPS) is 28.6. The van der Waals surface area contributed by atoms with Gasteiger partial charge in [-0.2, -0.15) is 0 Å². The van der Waals surface area contributed by atoms with Crippen LogP contribution in [-0.2, 0) is 12.8 Å². The largest absolute Gasteiger partial charge is 0.272 e. The third-order valence-corrected chi connectivity index (χ3v) is 19.1. The van der Waals surface area contributed by atoms with E-state index in [-0.39, 0.29) is 11.1 Å². The molecule has 3 atom stereocenters. The molecule has 0 spiro atoms. The summed E-state index contributed by atoms with van der Waals surface area (Å²) in [6.45, 7) is 29.3. The maximum Gasteiger partial charge on any atom is 0.210 e. The summed E-state index contributed by atoms with van der Waals surface area (Å²) in [5.74, 6) is 2.79. The minimum atomic E-state index is -1.69. The molecule has 1 heterocycles. The lowest BCUT2D eigenvalue weighted by Crippen LogP contribution is -2.78. The van der Waals surface area contributed by atoms with Crippen LogP contribution in [0, 0.1) is 23.7 Å². The molecule has 5 heteroatoms. The highest BCUT2D eigenvalue weighted by atomic mass is 31.1. The fourth-order valence-electron chi connectivity index (χ4n) is 7.79. The Labute approximate surface area is 225 Å². The van der Waals surface area contributed by atoms with Crippen LogP contribution < -0.4 is 0 Å². The minimum Gasteiger partial charge on any atom is -0.272 e. The van der Waals surface area contributed by atoms with Crippen molar-refractivity contribution < 1.29 is 0 Å². The first kappa shape index (κ1) is 28.5. The predicted molar refractivity (Wildman–Crippen MR) is 163 cm³/mol. The number of rotatable bonds is 6. The van der Waals surface area contributed by atoms with Crippen molar-refractivity contribution in [2.45, 2.75) is 131 Å². The fraction of sp³-hybridized carbons (Fsp3) is 0.774. The van der Waals surface area contributed by atoms with Gasteiger partial charge in [0.25, 0.3) is 0 Å². The van der Waals surface area contributed by atoms with E-state index in [0.717, 1.165) is 18.8 Å². The van der Waals surface area contributed by atoms with Gasteiger partial charge in [0.1, 0.15) is 0 Å². The lowest BCUT2D eigenvalue weighted by Gasteiger charge is -2.72. The monoisotopic (exact) mass is 527 g/mol. The van der Waals surface area contributed by atoms with Gasteiger partial charge in [0.05, 0.1) is 5.69 Å². The first-order valence-corrected chi connectivity index (χ1v) is 18.8. The van der Waals surface area contributed by atoms with Gasteiger partial charge in [0.2, 0.25) is 8.40 Å². The van der Waals surface area contributed by atoms with E-state index in [1.807, 2.05) is 0 Å². The minimum absolute atomic E-state index is 0.203. The van der Waals surface area contributed by atoms with Gasteiger partial charge in [-0.05, 0) is 122 Å². The Morgan fingerprint density at radius 2 is 1.39 bits per heavy atom. The molecule has 3 unspecified atom stereocenters. The lowest BCUT2D eigenvalue weighted by molar-refractivity contribution is 0.234. The van der Waals surface area contributed by atoms with Gasteiger partial charge < -0.3 is 0 Å². The molecule has 1 aromatic rings. The Morgan fingerprint density at radius 1 is 0.889 bits per heavy atom. The van der Waals surface area contributed by atoms with E-state index in [4.69, 9.17) is 4.99 Å². The molecular formula is C31H54N3PSi. The summed E-state index contributed by atoms with van der Waals surface area (Å²) in [4.78, 5) is 5.81. The Hall–Kier alpha value is -0.543. The summed E-state index contributed by atoms with van der Waals surface area (Å²) in [6.07, 6.45) is 6.35. The molecule has 0 aromatic heterocycles. The average molecular weight is 528 g/mol. The Morgan fingerprint density at radius 3 is 1.83 bits per heavy atom. The molecule has 1 aromatic carbocycles. The molecule has 36 heavy (non-hydrogen) atoms. The van der Waals surface area contributed by atoms with Crippen molar-refractivity contribution in [2.24, 2.45) is 28.7 Å². The topological polar surface area (TPSA) is 18.8 Å². The summed E-state index contributed by atoms with van der Waals surface area (Å²) in [5, 5.41) is 0. The molecule has 3 nitrogen and oxygen atoms in total. The standard InChI is InChI=1S/C31H54N3PSi/c1-21(2)18-23-14-13-15-24(19-22(3)4)27(23)32-28-25-16-17-26(20-25)29(28)35-33(30(5,6)7)36(11,12)34(35)31(8,9)10/h13-15,21-22,25-26,29H,16-20H2,1-12H3. The van der Waals surface area contributed by atoms with Crippen LogP contribution in [-0.4, -0.2) is 39.5 Å². The first-order valence-electron chi connectivity index (χ1n) is 14.6. The summed E-state index contributed by atoms with van der Waals surface area (Å²) >= 11 is 0. The Kier molecular flexibility index (Phi) is 7.82. The van der Waals surface area contributed by atoms with Crippen LogP contribution in [0.25, 0.3) is 0 Å². The van der Waals surface area contributed by atoms with E-state index in [1.165, 1.54) is 36.1 Å². The number of benzene rings is 1. The van der Waals surface area contributed by atoms with Crippen LogP contribution in [0.15, 0.2) is 23.2 Å². The molecule has 202 valence electrons. The van der Waals surface area contributed by atoms with Crippen molar-refractivity contribution in [2.75, 3.05) is 0 Å². The van der Waals surface area contributed by atoms with Crippen LogP contribution in [0.2, 0.25) is 13.1 Å². The molecule has 1 saturated heterocycles. The van der Waals surface area contributed by atoms with Crippen molar-refractivity contribution in [3.63, 3.8) is 0 Å². The second kappa shape index (κ2) is 9.89. The number of fused-ring (bicyclic) bond motifs is 2. The van der Waals surface area contributed by atoms with E-state index in [1.54, 1.807) is 5.71 Å². The highest BCUT2D eigenvalue weighted by molar-refractivity contribution is 7.63. The molecule has 2 aliphatic carbocycles. The first-order chi connectivity index (χ1) is 16.5. The molecule has 1 aliphatic heterocycles. The van der Waals surface area contributed by atoms with Crippen LogP contribution in [0.4, 0.5) is 5.69 Å². The summed E-state index contributed by atoms with van der Waals surface area (Å²) in [7, 11) is -2.08. The van der Waals surface area contributed by atoms with E-state index >= 15 is 0 Å². The molecule has 2 saturated carbocycles. The van der Waals surface area contributed by atoms with Gasteiger partial charge >= 0.3 is 0 Å². The highest BCUT2D eigenvalue weighted by Crippen LogP contribution is 2.73. The summed E-state index contributed by atoms with van der Waals surface area (Å²) in [5.41, 5.74) is 6.87. The third kappa shape index (κ3) is 5.18. The average Bonchev–Trinajstić information content (AvgIpc) is 3.27. The number of para-hydroxylation sites is 1. The van der Waals surface area contributed by atoms with Crippen molar-refractivity contribution >= 4 is 28.0 Å². The Balaban J connectivity index is 1.85. The third-order valence-electron chi connectivity index (χ3n) is 8.31. The number of aliphatic imine (C=N–C) groups is 1. The van der Waals surface area contributed by atoms with Crippen LogP contribution in [0.1, 0.15) is 99.6 Å². The molecule has 4 rings (SSSR count). The van der Waals surface area contributed by atoms with Crippen LogP contribution in [0.3, 0.4) is 0 Å². The summed E-state index contributed by atoms with van der Waals surface area (Å²) < 4.78 is 6.05. The van der Waals surface area contributed by atoms with E-state index in [0.29, 0.717) is 23.4 Å². The predicted octanol–water partition coefficient (Wildman–Crippen LogP) is 9.18. The SMILES string of the molecule is CC(C)Cc1cccc(CC(C)C)c1N=C1C2CCC(C2)C1P1N(C(C)(C)C)[Si](C)(C)N1C(C)(C)C. The van der Waals surface area contributed by atoms with Crippen molar-refractivity contribution in [3.8, 4) is 0 Å². The van der Waals surface area contributed by atoms with E-state index in [9.17, 15) is 0 Å². The Bertz CT molecular complexity index is 932. The smallest absolute Gasteiger partial charge is 0.210 e. The van der Waals surface area contributed by atoms with Crippen LogP contribution in [0.5, 0.6) is 0 Å². The summed E-state index contributed by atoms with van der Waals surface area (Å²) in [6, 6.07) is 7.00. The van der Waals surface area contributed by atoms with Crippen molar-refractivity contribution in [1.29, 1.82) is 0 Å². The van der Waals surface area contributed by atoms with Gasteiger partial charge in [-0.1, -0.05) is 45.9 Å². The fourth-order valence-corrected chi connectivity index (χ4v) is 19.6. The van der Waals surface area contributed by atoms with Gasteiger partial charge in [-0.15, -0.1) is 0 Å². The quantitative estimate of drug-likeness (QED) is 0.271. The molecule has 0 N–H and O–H groups in total. The molecule has 0 amide bonds. The maximum absolute atomic E-state index is 5.81. The lowest BCUT2D eigenvalue weighted by atomic mass is 9.93. The zero-order valence-corrected chi connectivity index (χ0v) is 27.3. The van der Waals surface area contributed by atoms with Gasteiger partial charge in [-0.3, -0.25) is 13.7 Å². The van der Waals surface area contributed by atoms with E-state index < -0.39 is 16.6 Å². The van der Waals surface area contributed by atoms with Crippen molar-refractivity contribution in [3.05, 3.63) is 29.3 Å². The van der Waals surface area contributed by atoms with E-state index in [2.05, 4.69) is 109 Å². The van der Waals surface area contributed by atoms with Gasteiger partial charge in [-0.25, -0.2) is 0 Å². The molecule has 3 fully saturated rings. The highest BCUT2D eigenvalue weighted by Gasteiger charge is 2.67. The van der Waals surface area contributed by atoms with Crippen LogP contribution >= 0.6 is 8.22 Å². The number of hydrogen-bond acceptors (Lipinski definition) is 3. The van der Waals surface area contributed by atoms with Gasteiger partial charge in [0, 0.05) is 30.7 Å². The second-order valence-corrected chi connectivity index (χ2v) is 21.8. The van der Waals surface area contributed by atoms with Crippen molar-refractivity contribution in [1.82, 2.24) is 8.67 Å². The zero-order chi connectivity index (χ0) is 26.8. The maximum atomic E-state index is 5.81. The molecular weight excluding hydrogens is 473 g/mol. The molecule has 3 aliphatic rings. The molecule has 2 bridgehead atoms. The van der Waals surface area contributed by atoms with Gasteiger partial charge in [0.15, 0.2) is 0 Å². The number of nitrogens with zero attached hydrogens (tertiary/aromatic N) is 3. The zero-order valence-electron chi connectivity index (χ0n) is 25.4. The molecule has 0 radical (unpaired) electrons. The number of hydrogen-bond donors (Lipinski definition) is 0.